The molecule has 3 aromatic heterocycles. The molecule has 6 aliphatic rings. The van der Waals surface area contributed by atoms with Crippen LogP contribution in [-0.2, 0) is 0 Å². The number of nitrogens with one attached hydrogen (secondary N) is 2. The fourth-order valence-corrected chi connectivity index (χ4v) is 15.3. The summed E-state index contributed by atoms with van der Waals surface area (Å²) in [4.78, 5) is 19.1. The SMILES string of the molecule is Clc1ccc2c3c(ccc(Cl)c13)-c1c-2c2cc3nc(cc4[nH]c(cc5nc(cc1[nH]2)c1c2ccc(Cl)c6c(Cl)ccc(c5=1)c62)c1c4-c2ccc(Cl)c4c(Cl)ccc-1c24)c1c2ccc(Cl)c4c(Cl)ccc(c3=1)c42. The topological polar surface area (TPSA) is 57.4 Å². The molecule has 0 unspecified atom stereocenters. The van der Waals surface area contributed by atoms with E-state index in [0.29, 0.717) is 40.2 Å². The zero-order valence-corrected chi connectivity index (χ0v) is 42.5. The first-order chi connectivity index (χ1) is 35.0. The summed E-state index contributed by atoms with van der Waals surface area (Å²) in [7, 11) is 0. The predicted molar refractivity (Wildman–Crippen MR) is 305 cm³/mol. The molecule has 5 heterocycles. The van der Waals surface area contributed by atoms with Crippen LogP contribution in [0.4, 0.5) is 0 Å². The first-order valence-electron chi connectivity index (χ1n) is 23.0. The average Bonchev–Trinajstić information content (AvgIpc) is 4.24. The van der Waals surface area contributed by atoms with Crippen LogP contribution in [0.15, 0.2) is 121 Å². The van der Waals surface area contributed by atoms with Crippen molar-refractivity contribution in [1.82, 2.24) is 19.9 Å². The molecule has 2 N–H and O–H groups in total. The number of hydrogen-bond donors (Lipinski definition) is 2. The van der Waals surface area contributed by atoms with Gasteiger partial charge in [-0.1, -0.05) is 141 Å². The Balaban J connectivity index is 1.16. The van der Waals surface area contributed by atoms with Gasteiger partial charge in [0.15, 0.2) is 0 Å². The summed E-state index contributed by atoms with van der Waals surface area (Å²) < 4.78 is 0. The van der Waals surface area contributed by atoms with Gasteiger partial charge in [-0.3, -0.25) is 0 Å². The van der Waals surface area contributed by atoms with Crippen molar-refractivity contribution in [2.45, 2.75) is 0 Å². The van der Waals surface area contributed by atoms with E-state index in [0.717, 1.165) is 174 Å². The monoisotopic (exact) mass is 1080 g/mol. The van der Waals surface area contributed by atoms with Crippen molar-refractivity contribution in [3.05, 3.63) is 182 Å². The molecule has 8 aromatic carbocycles. The molecule has 2 aliphatic heterocycles. The first-order valence-corrected chi connectivity index (χ1v) is 26.0. The Morgan fingerprint density at radius 2 is 0.472 bits per heavy atom. The summed E-state index contributed by atoms with van der Waals surface area (Å²) in [6, 6.07) is 40.9. The second-order valence-corrected chi connectivity index (χ2v) is 22.3. The largest absolute Gasteiger partial charge is 0.354 e. The molecule has 338 valence electrons. The van der Waals surface area contributed by atoms with E-state index < -0.39 is 0 Å². The van der Waals surface area contributed by atoms with Crippen molar-refractivity contribution < 1.29 is 0 Å². The highest BCUT2D eigenvalue weighted by molar-refractivity contribution is 6.48. The highest BCUT2D eigenvalue weighted by atomic mass is 35.5. The van der Waals surface area contributed by atoms with Crippen LogP contribution >= 0.6 is 92.8 Å². The third-order valence-electron chi connectivity index (χ3n) is 15.6. The van der Waals surface area contributed by atoms with Gasteiger partial charge < -0.3 is 9.97 Å². The minimum absolute atomic E-state index is 0.584. The lowest BCUT2D eigenvalue weighted by Gasteiger charge is -2.07. The quantitative estimate of drug-likeness (QED) is 0.159. The zero-order valence-electron chi connectivity index (χ0n) is 36.5. The molecule has 11 aromatic rings. The molecule has 4 aliphatic carbocycles. The number of nitrogens with zero attached hydrogens (tertiary/aromatic N) is 2. The molecule has 0 amide bonds. The zero-order chi connectivity index (χ0) is 48.1. The maximum atomic E-state index is 7.01. The third-order valence-corrected chi connectivity index (χ3v) is 18.2. The Labute approximate surface area is 444 Å². The summed E-state index contributed by atoms with van der Waals surface area (Å²) in [5.74, 6) is 0. The molecule has 72 heavy (non-hydrogen) atoms. The number of aromatic amines is 2. The molecule has 0 atom stereocenters. The number of halogens is 8. The minimum atomic E-state index is 0.584. The van der Waals surface area contributed by atoms with E-state index in [-0.39, 0.29) is 0 Å². The van der Waals surface area contributed by atoms with Crippen LogP contribution in [0.25, 0.3) is 153 Å². The summed E-state index contributed by atoms with van der Waals surface area (Å²) in [5.41, 5.74) is 14.7. The van der Waals surface area contributed by atoms with Gasteiger partial charge in [-0.25, -0.2) is 9.97 Å². The fraction of sp³-hybridized carbons (Fsp3) is 0. The fourth-order valence-electron chi connectivity index (χ4n) is 13.0. The minimum Gasteiger partial charge on any atom is -0.354 e. The molecule has 17 rings (SSSR count). The number of aromatic nitrogens is 4. The van der Waals surface area contributed by atoms with E-state index in [9.17, 15) is 0 Å². The van der Waals surface area contributed by atoms with Crippen LogP contribution in [-0.4, -0.2) is 19.9 Å². The van der Waals surface area contributed by atoms with Gasteiger partial charge in [-0.2, -0.15) is 0 Å². The van der Waals surface area contributed by atoms with E-state index in [1.807, 2.05) is 48.5 Å². The van der Waals surface area contributed by atoms with Gasteiger partial charge in [-0.05, 0) is 117 Å². The van der Waals surface area contributed by atoms with Gasteiger partial charge in [-0.15, -0.1) is 0 Å². The molecule has 0 spiro atoms. The van der Waals surface area contributed by atoms with Gasteiger partial charge in [0, 0.05) is 148 Å². The Hall–Kier alpha value is -6.28. The van der Waals surface area contributed by atoms with Crippen LogP contribution in [0.2, 0.25) is 40.2 Å². The Morgan fingerprint density at radius 3 is 0.722 bits per heavy atom. The van der Waals surface area contributed by atoms with Crippen molar-refractivity contribution in [2.75, 3.05) is 0 Å². The molecule has 12 heteroatoms. The van der Waals surface area contributed by atoms with Crippen molar-refractivity contribution in [3.8, 4) is 44.5 Å². The van der Waals surface area contributed by atoms with Gasteiger partial charge in [0.2, 0.25) is 0 Å². The average molecular weight is 1080 g/mol. The summed E-state index contributed by atoms with van der Waals surface area (Å²) in [5, 5.41) is 19.8. The van der Waals surface area contributed by atoms with Crippen molar-refractivity contribution in [3.63, 3.8) is 0 Å². The van der Waals surface area contributed by atoms with Crippen molar-refractivity contribution >= 4 is 202 Å². The lowest BCUT2D eigenvalue weighted by atomic mass is 10.0. The molecule has 0 saturated heterocycles. The predicted octanol–water partition coefficient (Wildman–Crippen LogP) is 20.6. The maximum absolute atomic E-state index is 7.01. The molecular weight excluding hydrogens is 1060 g/mol. The number of hydrogen-bond acceptors (Lipinski definition) is 2. The third kappa shape index (κ3) is 4.92. The standard InChI is InChI=1S/C60H22Cl8N4/c61-29-9-1-21-45-22(2-10-30(62)57(29)45)50-38-18-40-52-24-4-12-33(65)59-34(66)14-6-26(47(24)59)54(52)42(71-40)20-44-56-28-8-16-36(68)60-35(67)15-7-27(48(28)60)55(56)43(72-44)19-41-53-25-5-13-32(64)58-31(63)11-3-23(46(25)58)51(53)39(70-41)17-37(69-38)49(21)50/h1-20,69,72H. The van der Waals surface area contributed by atoms with Crippen LogP contribution in [0, 0.1) is 20.9 Å². The van der Waals surface area contributed by atoms with Crippen LogP contribution in [0.3, 0.4) is 0 Å². The van der Waals surface area contributed by atoms with Gasteiger partial charge in [0.1, 0.15) is 0 Å². The van der Waals surface area contributed by atoms with Crippen LogP contribution in [0.5, 0.6) is 0 Å². The van der Waals surface area contributed by atoms with E-state index in [2.05, 4.69) is 82.8 Å². The number of H-pyrrole nitrogens is 2. The van der Waals surface area contributed by atoms with E-state index in [4.69, 9.17) is 103 Å². The molecule has 0 radical (unpaired) electrons. The summed E-state index contributed by atoms with van der Waals surface area (Å²) in [6.45, 7) is 0. The molecule has 8 bridgehead atoms. The van der Waals surface area contributed by atoms with Crippen molar-refractivity contribution in [2.24, 2.45) is 0 Å². The highest BCUT2D eigenvalue weighted by Crippen LogP contribution is 2.56. The summed E-state index contributed by atoms with van der Waals surface area (Å²) >= 11 is 56.1. The molecule has 0 fully saturated rings. The molecule has 4 nitrogen and oxygen atoms in total. The highest BCUT2D eigenvalue weighted by Gasteiger charge is 2.31. The second kappa shape index (κ2) is 13.9. The smallest absolute Gasteiger partial charge is 0.0743 e. The van der Waals surface area contributed by atoms with Crippen LogP contribution in [0.1, 0.15) is 0 Å². The van der Waals surface area contributed by atoms with Gasteiger partial charge >= 0.3 is 0 Å². The normalized spacial score (nSPS) is 13.0. The van der Waals surface area contributed by atoms with E-state index in [1.165, 1.54) is 0 Å². The van der Waals surface area contributed by atoms with E-state index in [1.54, 1.807) is 0 Å². The van der Waals surface area contributed by atoms with Gasteiger partial charge in [0.25, 0.3) is 0 Å². The molecule has 0 saturated carbocycles. The van der Waals surface area contributed by atoms with E-state index >= 15 is 0 Å². The van der Waals surface area contributed by atoms with Crippen molar-refractivity contribution in [1.29, 1.82) is 0 Å². The summed E-state index contributed by atoms with van der Waals surface area (Å²) in [6.07, 6.45) is 0. The Bertz CT molecular complexity index is 4750. The number of benzene rings is 8. The lowest BCUT2D eigenvalue weighted by Crippen LogP contribution is -1.82. The number of fused-ring (bicyclic) bond motifs is 26. The van der Waals surface area contributed by atoms with Gasteiger partial charge in [0.05, 0.1) is 22.1 Å². The van der Waals surface area contributed by atoms with Crippen LogP contribution < -0.4 is 0 Å². The number of rotatable bonds is 0. The maximum Gasteiger partial charge on any atom is 0.0743 e. The second-order valence-electron chi connectivity index (χ2n) is 19.0. The lowest BCUT2D eigenvalue weighted by molar-refractivity contribution is 1.49. The Morgan fingerprint density at radius 1 is 0.250 bits per heavy atom. The first kappa shape index (κ1) is 41.2. The molecular formula is C60H22Cl8N4. The Kier molecular flexibility index (Phi) is 7.93.